The van der Waals surface area contributed by atoms with Crippen LogP contribution in [-0.2, 0) is 9.59 Å². The fourth-order valence-electron chi connectivity index (χ4n) is 0. The normalized spacial score (nSPS) is 11.1. The molecule has 0 radical (unpaired) electrons. The predicted molar refractivity (Wildman–Crippen MR) is 56.3 cm³/mol. The highest BCUT2D eigenvalue weighted by Gasteiger charge is 2.18. The van der Waals surface area contributed by atoms with Gasteiger partial charge in [0.05, 0.1) is 11.6 Å². The number of carbonyl (C=O) groups is 2. The van der Waals surface area contributed by atoms with Gasteiger partial charge in [0.2, 0.25) is 0 Å². The Labute approximate surface area is 89.7 Å². The number of aliphatic hydroxyl groups is 1. The number of nitrogens with two attached hydrogens (primary N) is 1. The summed E-state index contributed by atoms with van der Waals surface area (Å²) in [5.74, 6) is -1.59. The Bertz CT molecular complexity index is 177. The average molecular weight is 223 g/mol. The van der Waals surface area contributed by atoms with Crippen molar-refractivity contribution in [3.63, 3.8) is 0 Å². The zero-order chi connectivity index (χ0) is 13.2. The summed E-state index contributed by atoms with van der Waals surface area (Å²) in [6.07, 6.45) is -0.667. The van der Waals surface area contributed by atoms with Crippen molar-refractivity contribution < 1.29 is 24.9 Å². The Hall–Kier alpha value is -1.14. The van der Waals surface area contributed by atoms with Gasteiger partial charge in [-0.3, -0.25) is 9.59 Å². The van der Waals surface area contributed by atoms with Gasteiger partial charge in [0.1, 0.15) is 0 Å². The summed E-state index contributed by atoms with van der Waals surface area (Å²) in [5, 5.41) is 23.5. The van der Waals surface area contributed by atoms with E-state index >= 15 is 0 Å². The molecule has 6 nitrogen and oxygen atoms in total. The van der Waals surface area contributed by atoms with Crippen molar-refractivity contribution in [2.75, 3.05) is 0 Å². The molecule has 5 N–H and O–H groups in total. The summed E-state index contributed by atoms with van der Waals surface area (Å²) < 4.78 is 0. The van der Waals surface area contributed by atoms with E-state index in [1.807, 2.05) is 0 Å². The predicted octanol–water partition coefficient (Wildman–Crippen LogP) is 0.491. The second-order valence-electron chi connectivity index (χ2n) is 3.81. The monoisotopic (exact) mass is 223 g/mol. The first-order valence-electron chi connectivity index (χ1n) is 4.27. The third kappa shape index (κ3) is 64.2. The van der Waals surface area contributed by atoms with Gasteiger partial charge in [0, 0.05) is 6.92 Å². The minimum absolute atomic E-state index is 0.583. The maximum absolute atomic E-state index is 10.0. The Morgan fingerprint density at radius 3 is 1.27 bits per heavy atom. The molecule has 0 aliphatic heterocycles. The molecular weight excluding hydrogens is 202 g/mol. The Morgan fingerprint density at radius 2 is 1.27 bits per heavy atom. The van der Waals surface area contributed by atoms with Crippen molar-refractivity contribution in [3.05, 3.63) is 0 Å². The Morgan fingerprint density at radius 1 is 1.20 bits per heavy atom. The van der Waals surface area contributed by atoms with Gasteiger partial charge in [-0.15, -0.1) is 0 Å². The fraction of sp³-hybridized carbons (Fsp3) is 0.778. The fourth-order valence-corrected chi connectivity index (χ4v) is 0. The highest BCUT2D eigenvalue weighted by Crippen LogP contribution is 2.11. The minimum atomic E-state index is -0.833. The van der Waals surface area contributed by atoms with Crippen molar-refractivity contribution in [2.24, 2.45) is 11.1 Å². The van der Waals surface area contributed by atoms with Gasteiger partial charge in [-0.2, -0.15) is 0 Å². The Balaban J connectivity index is -0.000000155. The smallest absolute Gasteiger partial charge is 0.308 e. The van der Waals surface area contributed by atoms with Gasteiger partial charge in [-0.1, -0.05) is 0 Å². The molecule has 1 atom stereocenters. The third-order valence-electron chi connectivity index (χ3n) is 0.642. The third-order valence-corrected chi connectivity index (χ3v) is 0.642. The second kappa shape index (κ2) is 9.42. The summed E-state index contributed by atoms with van der Waals surface area (Å²) in [4.78, 5) is 19.0. The van der Waals surface area contributed by atoms with E-state index in [1.165, 1.54) is 6.92 Å². The quantitative estimate of drug-likeness (QED) is 0.443. The SMILES string of the molecule is CC(=O)O.CC(C)(C)C(=O)O.CC(N)O. The molecule has 0 saturated heterocycles. The van der Waals surface area contributed by atoms with E-state index in [0.29, 0.717) is 0 Å². The molecule has 0 fully saturated rings. The zero-order valence-electron chi connectivity index (χ0n) is 9.81. The molecule has 0 heterocycles. The van der Waals surface area contributed by atoms with E-state index in [1.54, 1.807) is 20.8 Å². The van der Waals surface area contributed by atoms with E-state index < -0.39 is 23.6 Å². The van der Waals surface area contributed by atoms with Crippen LogP contribution in [0.4, 0.5) is 0 Å². The second-order valence-corrected chi connectivity index (χ2v) is 3.81. The van der Waals surface area contributed by atoms with Crippen LogP contribution in [0, 0.1) is 5.41 Å². The zero-order valence-corrected chi connectivity index (χ0v) is 9.81. The van der Waals surface area contributed by atoms with Crippen molar-refractivity contribution in [3.8, 4) is 0 Å². The lowest BCUT2D eigenvalue weighted by Crippen LogP contribution is -2.18. The number of hydrogen-bond acceptors (Lipinski definition) is 4. The summed E-state index contributed by atoms with van der Waals surface area (Å²) in [5.41, 5.74) is 4.08. The molecular formula is C9H21NO5. The number of aliphatic carboxylic acids is 2. The molecule has 0 aromatic heterocycles. The number of aliphatic hydroxyl groups excluding tert-OH is 1. The summed E-state index contributed by atoms with van der Waals surface area (Å²) in [6, 6.07) is 0. The van der Waals surface area contributed by atoms with Gasteiger partial charge in [-0.05, 0) is 27.7 Å². The van der Waals surface area contributed by atoms with E-state index in [4.69, 9.17) is 20.1 Å². The van der Waals surface area contributed by atoms with Crippen LogP contribution in [-0.4, -0.2) is 33.5 Å². The number of carboxylic acids is 2. The van der Waals surface area contributed by atoms with Crippen molar-refractivity contribution in [1.82, 2.24) is 0 Å². The van der Waals surface area contributed by atoms with Gasteiger partial charge in [-0.25, -0.2) is 0 Å². The first kappa shape index (κ1) is 19.4. The molecule has 0 aliphatic rings. The summed E-state index contributed by atoms with van der Waals surface area (Å²) >= 11 is 0. The first-order valence-corrected chi connectivity index (χ1v) is 4.27. The lowest BCUT2D eigenvalue weighted by atomic mass is 9.98. The molecule has 0 saturated carbocycles. The molecule has 1 unspecified atom stereocenters. The van der Waals surface area contributed by atoms with Crippen molar-refractivity contribution in [2.45, 2.75) is 40.8 Å². The topological polar surface area (TPSA) is 121 Å². The van der Waals surface area contributed by atoms with Crippen molar-refractivity contribution >= 4 is 11.9 Å². The van der Waals surface area contributed by atoms with E-state index in [9.17, 15) is 4.79 Å². The lowest BCUT2D eigenvalue weighted by molar-refractivity contribution is -0.145. The standard InChI is InChI=1S/C5H10O2.C2H7NO.C2H4O2/c1-5(2,3)4(6)7;2*1-2(3)4/h1-3H3,(H,6,7);2,4H,3H2,1H3;1H3,(H,3,4). The van der Waals surface area contributed by atoms with Gasteiger partial charge in [0.25, 0.3) is 5.97 Å². The first-order chi connectivity index (χ1) is 6.41. The van der Waals surface area contributed by atoms with Crippen LogP contribution in [0.3, 0.4) is 0 Å². The molecule has 0 aromatic carbocycles. The van der Waals surface area contributed by atoms with Gasteiger partial charge in [0.15, 0.2) is 0 Å². The summed E-state index contributed by atoms with van der Waals surface area (Å²) in [6.45, 7) is 7.57. The Kier molecular flexibility index (Phi) is 12.2. The van der Waals surface area contributed by atoms with Crippen LogP contribution in [0.25, 0.3) is 0 Å². The molecule has 92 valence electrons. The molecule has 0 aliphatic carbocycles. The van der Waals surface area contributed by atoms with Crippen LogP contribution in [0.2, 0.25) is 0 Å². The van der Waals surface area contributed by atoms with Gasteiger partial charge >= 0.3 is 5.97 Å². The van der Waals surface area contributed by atoms with Crippen LogP contribution in [0.15, 0.2) is 0 Å². The lowest BCUT2D eigenvalue weighted by Gasteiger charge is -2.08. The molecule has 0 rings (SSSR count). The van der Waals surface area contributed by atoms with E-state index in [2.05, 4.69) is 5.73 Å². The van der Waals surface area contributed by atoms with Crippen LogP contribution in [0.5, 0.6) is 0 Å². The average Bonchev–Trinajstić information content (AvgIpc) is 1.80. The van der Waals surface area contributed by atoms with E-state index in [-0.39, 0.29) is 0 Å². The number of rotatable bonds is 0. The molecule has 0 spiro atoms. The van der Waals surface area contributed by atoms with Gasteiger partial charge < -0.3 is 21.1 Å². The molecule has 15 heavy (non-hydrogen) atoms. The summed E-state index contributed by atoms with van der Waals surface area (Å²) in [7, 11) is 0. The maximum atomic E-state index is 10.0. The van der Waals surface area contributed by atoms with E-state index in [0.717, 1.165) is 6.92 Å². The molecule has 0 amide bonds. The highest BCUT2D eigenvalue weighted by molar-refractivity contribution is 5.72. The largest absolute Gasteiger partial charge is 0.481 e. The molecule has 0 bridgehead atoms. The molecule has 0 aromatic rings. The number of carboxylic acid groups (broad SMARTS) is 2. The highest BCUT2D eigenvalue weighted by atomic mass is 16.4. The number of hydrogen-bond donors (Lipinski definition) is 4. The minimum Gasteiger partial charge on any atom is -0.481 e. The van der Waals surface area contributed by atoms with Crippen LogP contribution >= 0.6 is 0 Å². The maximum Gasteiger partial charge on any atom is 0.308 e. The van der Waals surface area contributed by atoms with Crippen LogP contribution in [0.1, 0.15) is 34.6 Å². The molecule has 6 heteroatoms. The van der Waals surface area contributed by atoms with Crippen molar-refractivity contribution in [1.29, 1.82) is 0 Å². The van der Waals surface area contributed by atoms with Crippen LogP contribution < -0.4 is 5.73 Å².